The van der Waals surface area contributed by atoms with Crippen LogP contribution in [0.5, 0.6) is 0 Å². The van der Waals surface area contributed by atoms with Gasteiger partial charge in [-0.25, -0.2) is 21.6 Å². The Morgan fingerprint density at radius 1 is 1.08 bits per heavy atom. The molecule has 0 heterocycles. The smallest absolute Gasteiger partial charge is 0.212 e. The maximum Gasteiger partial charge on any atom is 0.212 e. The minimum atomic E-state index is -3.39. The third kappa shape index (κ3) is 6.56. The summed E-state index contributed by atoms with van der Waals surface area (Å²) in [5, 5.41) is 0. The number of hydrogen-bond acceptors (Lipinski definition) is 4. The second kappa shape index (κ2) is 4.20. The van der Waals surface area contributed by atoms with Gasteiger partial charge in [0.15, 0.2) is 0 Å². The van der Waals surface area contributed by atoms with Crippen molar-refractivity contribution in [3.05, 3.63) is 0 Å². The van der Waals surface area contributed by atoms with Crippen molar-refractivity contribution in [3.63, 3.8) is 0 Å². The Labute approximate surface area is 73.1 Å². The standard InChI is InChI=1S/C5H13NO4S2/c1-3-6-12(9,10)5-4-11(2,7)8/h6H,3-5H2,1-2H3. The Balaban J connectivity index is 4.12. The number of sulfone groups is 1. The van der Waals surface area contributed by atoms with Gasteiger partial charge < -0.3 is 0 Å². The second-order valence-electron chi connectivity index (χ2n) is 2.45. The minimum Gasteiger partial charge on any atom is -0.229 e. The molecule has 0 radical (unpaired) electrons. The van der Waals surface area contributed by atoms with Crippen LogP contribution in [-0.4, -0.2) is 41.1 Å². The highest BCUT2D eigenvalue weighted by Gasteiger charge is 2.12. The number of rotatable bonds is 5. The lowest BCUT2D eigenvalue weighted by Gasteiger charge is -2.02. The van der Waals surface area contributed by atoms with Crippen LogP contribution in [0.2, 0.25) is 0 Å². The Kier molecular flexibility index (Phi) is 4.15. The van der Waals surface area contributed by atoms with E-state index in [1.54, 1.807) is 6.92 Å². The Bertz CT molecular complexity index is 315. The molecule has 0 saturated carbocycles. The van der Waals surface area contributed by atoms with E-state index in [4.69, 9.17) is 0 Å². The van der Waals surface area contributed by atoms with Crippen LogP contribution < -0.4 is 4.72 Å². The topological polar surface area (TPSA) is 80.3 Å². The molecule has 0 aliphatic rings. The monoisotopic (exact) mass is 215 g/mol. The molecule has 0 unspecified atom stereocenters. The van der Waals surface area contributed by atoms with Crippen LogP contribution in [0, 0.1) is 0 Å². The van der Waals surface area contributed by atoms with Crippen molar-refractivity contribution in [1.82, 2.24) is 4.72 Å². The van der Waals surface area contributed by atoms with E-state index >= 15 is 0 Å². The van der Waals surface area contributed by atoms with Crippen LogP contribution in [0.3, 0.4) is 0 Å². The Hall–Kier alpha value is -0.140. The molecule has 0 aliphatic heterocycles. The van der Waals surface area contributed by atoms with E-state index in [2.05, 4.69) is 4.72 Å². The van der Waals surface area contributed by atoms with Crippen LogP contribution in [-0.2, 0) is 19.9 Å². The molecule has 0 aromatic heterocycles. The van der Waals surface area contributed by atoms with E-state index in [9.17, 15) is 16.8 Å². The minimum absolute atomic E-state index is 0.284. The SMILES string of the molecule is CCNS(=O)(=O)CCS(C)(=O)=O. The van der Waals surface area contributed by atoms with E-state index in [0.717, 1.165) is 6.26 Å². The predicted octanol–water partition coefficient (Wildman–Crippen LogP) is -1.03. The molecule has 0 rings (SSSR count). The Morgan fingerprint density at radius 2 is 1.58 bits per heavy atom. The lowest BCUT2D eigenvalue weighted by Crippen LogP contribution is -2.29. The van der Waals surface area contributed by atoms with E-state index in [1.807, 2.05) is 0 Å². The third-order valence-corrected chi connectivity index (χ3v) is 3.76. The summed E-state index contributed by atoms with van der Waals surface area (Å²) in [5.41, 5.74) is 0. The van der Waals surface area contributed by atoms with Crippen molar-refractivity contribution in [2.24, 2.45) is 0 Å². The molecular weight excluding hydrogens is 202 g/mol. The fourth-order valence-corrected chi connectivity index (χ4v) is 3.23. The molecule has 5 nitrogen and oxygen atoms in total. The van der Waals surface area contributed by atoms with Gasteiger partial charge in [0.05, 0.1) is 11.5 Å². The lowest BCUT2D eigenvalue weighted by molar-refractivity contribution is 0.581. The zero-order chi connectivity index (χ0) is 9.83. The first kappa shape index (κ1) is 11.9. The molecule has 0 aliphatic carbocycles. The molecule has 0 fully saturated rings. The molecule has 74 valence electrons. The number of hydrogen-bond donors (Lipinski definition) is 1. The van der Waals surface area contributed by atoms with Crippen LogP contribution >= 0.6 is 0 Å². The van der Waals surface area contributed by atoms with Crippen molar-refractivity contribution in [3.8, 4) is 0 Å². The van der Waals surface area contributed by atoms with Gasteiger partial charge in [-0.05, 0) is 0 Å². The zero-order valence-corrected chi connectivity index (χ0v) is 8.70. The molecule has 0 amide bonds. The van der Waals surface area contributed by atoms with Gasteiger partial charge in [-0.1, -0.05) is 6.92 Å². The summed E-state index contributed by atoms with van der Waals surface area (Å²) in [5.74, 6) is -0.692. The summed E-state index contributed by atoms with van der Waals surface area (Å²) >= 11 is 0. The normalized spacial score (nSPS) is 13.2. The van der Waals surface area contributed by atoms with Gasteiger partial charge in [0.25, 0.3) is 0 Å². The summed E-state index contributed by atoms with van der Waals surface area (Å²) in [4.78, 5) is 0. The van der Waals surface area contributed by atoms with E-state index < -0.39 is 19.9 Å². The van der Waals surface area contributed by atoms with Gasteiger partial charge in [-0.3, -0.25) is 0 Å². The molecule has 0 spiro atoms. The van der Waals surface area contributed by atoms with Crippen molar-refractivity contribution in [2.75, 3.05) is 24.3 Å². The summed E-state index contributed by atoms with van der Waals surface area (Å²) in [6.45, 7) is 1.92. The highest BCUT2D eigenvalue weighted by atomic mass is 32.2. The van der Waals surface area contributed by atoms with Crippen molar-refractivity contribution in [2.45, 2.75) is 6.92 Å². The molecule has 12 heavy (non-hydrogen) atoms. The second-order valence-corrected chi connectivity index (χ2v) is 6.63. The van der Waals surface area contributed by atoms with Gasteiger partial charge >= 0.3 is 0 Å². The fourth-order valence-electron chi connectivity index (χ4n) is 0.553. The molecule has 0 atom stereocenters. The molecule has 0 saturated heterocycles. The van der Waals surface area contributed by atoms with Crippen LogP contribution in [0.1, 0.15) is 6.92 Å². The van der Waals surface area contributed by atoms with E-state index in [0.29, 0.717) is 0 Å². The zero-order valence-electron chi connectivity index (χ0n) is 7.07. The maximum atomic E-state index is 10.9. The van der Waals surface area contributed by atoms with Crippen molar-refractivity contribution in [1.29, 1.82) is 0 Å². The number of nitrogens with one attached hydrogen (secondary N) is 1. The van der Waals surface area contributed by atoms with Crippen molar-refractivity contribution < 1.29 is 16.8 Å². The summed E-state index contributed by atoms with van der Waals surface area (Å²) in [7, 11) is -6.59. The molecule has 7 heteroatoms. The molecule has 0 aromatic carbocycles. The summed E-state index contributed by atoms with van der Waals surface area (Å²) < 4.78 is 45.2. The first-order chi connectivity index (χ1) is 5.27. The highest BCUT2D eigenvalue weighted by molar-refractivity contribution is 7.93. The average molecular weight is 215 g/mol. The number of sulfonamides is 1. The molecule has 0 aromatic rings. The Morgan fingerprint density at radius 3 is 1.92 bits per heavy atom. The van der Waals surface area contributed by atoms with E-state index in [-0.39, 0.29) is 18.1 Å². The predicted molar refractivity (Wildman–Crippen MR) is 47.2 cm³/mol. The highest BCUT2D eigenvalue weighted by Crippen LogP contribution is 1.88. The largest absolute Gasteiger partial charge is 0.229 e. The maximum absolute atomic E-state index is 10.9. The average Bonchev–Trinajstić information content (AvgIpc) is 1.83. The summed E-state index contributed by atoms with van der Waals surface area (Å²) in [6, 6.07) is 0. The van der Waals surface area contributed by atoms with Gasteiger partial charge in [-0.2, -0.15) is 0 Å². The fraction of sp³-hybridized carbons (Fsp3) is 1.00. The summed E-state index contributed by atoms with van der Waals surface area (Å²) in [6.07, 6.45) is 1.01. The first-order valence-electron chi connectivity index (χ1n) is 3.42. The third-order valence-electron chi connectivity index (χ3n) is 1.09. The van der Waals surface area contributed by atoms with Gasteiger partial charge in [0, 0.05) is 12.8 Å². The van der Waals surface area contributed by atoms with Crippen molar-refractivity contribution >= 4 is 19.9 Å². The molecule has 0 bridgehead atoms. The van der Waals surface area contributed by atoms with Gasteiger partial charge in [0.1, 0.15) is 9.84 Å². The molecule has 1 N–H and O–H groups in total. The van der Waals surface area contributed by atoms with Gasteiger partial charge in [0.2, 0.25) is 10.0 Å². The van der Waals surface area contributed by atoms with Gasteiger partial charge in [-0.15, -0.1) is 0 Å². The quantitative estimate of drug-likeness (QED) is 0.636. The van der Waals surface area contributed by atoms with Crippen LogP contribution in [0.4, 0.5) is 0 Å². The lowest BCUT2D eigenvalue weighted by atomic mass is 10.8. The molecular formula is C5H13NO4S2. The van der Waals surface area contributed by atoms with Crippen LogP contribution in [0.25, 0.3) is 0 Å². The van der Waals surface area contributed by atoms with Crippen LogP contribution in [0.15, 0.2) is 0 Å². The first-order valence-corrected chi connectivity index (χ1v) is 7.13. The van der Waals surface area contributed by atoms with E-state index in [1.165, 1.54) is 0 Å².